The van der Waals surface area contributed by atoms with Crippen LogP contribution in [0.15, 0.2) is 54.6 Å². The van der Waals surface area contributed by atoms with Crippen LogP contribution in [0, 0.1) is 175 Å². The SMILES string of the molecule is CCCCCCCCC[PH+](CC(C)CCC(CC)CCC)c1ccccc1.Fc1cc2c(c(F)c1F)-c1c(F)c(F)c(F)c(F)c1[CH]2[Al-]([CH]1c2cc(F)c(F)c(F)c2-c2c(F)c(F)c(F)c(F)c21)([CH]1c2cc(F)c(F)c(F)c2-c2c(F)c(F)c(F)c(F)c21)[CH]1c2cc(F)c(F)c(F)c2-c2c(F)c(F)c(F)c(F)c21. The van der Waals surface area contributed by atoms with Crippen molar-refractivity contribution in [1.29, 1.82) is 0 Å². The number of unbranched alkanes of at least 4 members (excludes halogenated alkanes) is 6. The van der Waals surface area contributed by atoms with Gasteiger partial charge in [-0.05, 0) is 89.8 Å². The average molecular weight is 1580 g/mol. The van der Waals surface area contributed by atoms with Gasteiger partial charge in [-0.2, -0.15) is 0 Å². The van der Waals surface area contributed by atoms with Crippen molar-refractivity contribution in [2.45, 2.75) is 124 Å². The van der Waals surface area contributed by atoms with Gasteiger partial charge in [0.05, 0.1) is 17.6 Å². The molecule has 7 atom stereocenters. The maximum Gasteiger partial charge on any atom is 0.198 e. The van der Waals surface area contributed by atoms with Crippen molar-refractivity contribution in [1.82, 2.24) is 0 Å². The molecular weight excluding hydrogens is 1530 g/mol. The van der Waals surface area contributed by atoms with Gasteiger partial charge in [-0.25, -0.2) is 123 Å². The highest BCUT2D eigenvalue weighted by molar-refractivity contribution is 7.65. The molecule has 0 amide bonds. The summed E-state index contributed by atoms with van der Waals surface area (Å²) in [7, 11) is -0.384. The lowest BCUT2D eigenvalue weighted by molar-refractivity contribution is 0.389. The van der Waals surface area contributed by atoms with E-state index in [1.54, 1.807) is 5.30 Å². The number of benzene rings is 9. The molecule has 0 spiro atoms. The highest BCUT2D eigenvalue weighted by atomic mass is 31.1. The largest absolute Gasteiger partial charge is 0.204 e. The fraction of sp³-hybridized carbons (Fsp3) is 0.308. The summed E-state index contributed by atoms with van der Waals surface area (Å²) in [5.41, 5.74) is -37.4. The van der Waals surface area contributed by atoms with Gasteiger partial charge in [-0.15, -0.1) is 19.1 Å². The van der Waals surface area contributed by atoms with Crippen LogP contribution in [0.1, 0.15) is 168 Å². The van der Waals surface area contributed by atoms with Crippen molar-refractivity contribution in [2.75, 3.05) is 12.3 Å². The van der Waals surface area contributed by atoms with Crippen LogP contribution >= 0.6 is 7.92 Å². The quantitative estimate of drug-likeness (QED) is 0.0168. The van der Waals surface area contributed by atoms with Crippen LogP contribution in [0.3, 0.4) is 0 Å². The third kappa shape index (κ3) is 12.2. The first-order valence-electron chi connectivity index (χ1n) is 34.4. The molecule has 4 aliphatic carbocycles. The van der Waals surface area contributed by atoms with E-state index in [0.717, 1.165) is 11.8 Å². The smallest absolute Gasteiger partial charge is 0.198 e. The van der Waals surface area contributed by atoms with Crippen LogP contribution in [0.2, 0.25) is 0 Å². The lowest BCUT2D eigenvalue weighted by Gasteiger charge is -2.57. The Labute approximate surface area is 601 Å². The summed E-state index contributed by atoms with van der Waals surface area (Å²) in [6, 6.07) is 9.13. The lowest BCUT2D eigenvalue weighted by atomic mass is 9.92. The summed E-state index contributed by atoms with van der Waals surface area (Å²) in [6.07, 6.45) is 20.0. The number of halogens is 28. The Morgan fingerprint density at radius 3 is 0.861 bits per heavy atom. The van der Waals surface area contributed by atoms with E-state index < -0.39 is 308 Å². The summed E-state index contributed by atoms with van der Waals surface area (Å²) >= 11 is -8.92. The second-order valence-corrected chi connectivity index (χ2v) is 35.5. The highest BCUT2D eigenvalue weighted by Gasteiger charge is 2.68. The van der Waals surface area contributed by atoms with Crippen molar-refractivity contribution >= 4 is 26.3 Å². The van der Waals surface area contributed by atoms with Gasteiger partial charge in [0.2, 0.25) is 0 Å². The summed E-state index contributed by atoms with van der Waals surface area (Å²) in [6.45, 7) is 9.55. The standard InChI is InChI=1S/C26H47P.4C13H2F7.Al/c1-5-8-9-10-11-12-16-22-27(26-18-14-13-15-19-26)23-24(4)20-21-25(7-3)17-6-2;4*14-5-2-3-1-4-7(6(3)10(17)9(5)16)11(18)13(20)12(19)8(4)15;/h13-15,18-19,24-25H,5-12,16-17,20-23H2,1-4H3;4*1-2H;/q;;;;;-1/p+1. The zero-order chi connectivity index (χ0) is 78.8. The molecule has 9 aromatic rings. The van der Waals surface area contributed by atoms with E-state index in [9.17, 15) is 0 Å². The topological polar surface area (TPSA) is 0 Å². The van der Waals surface area contributed by atoms with Crippen LogP contribution in [-0.2, 0) is 0 Å². The van der Waals surface area contributed by atoms with Crippen molar-refractivity contribution in [2.24, 2.45) is 11.8 Å². The molecule has 572 valence electrons. The van der Waals surface area contributed by atoms with E-state index in [4.69, 9.17) is 0 Å². The summed E-state index contributed by atoms with van der Waals surface area (Å²) in [5.74, 6) is -83.9. The third-order valence-corrected chi connectivity index (χ3v) is 32.8. The number of rotatable bonds is 21. The molecule has 4 aliphatic rings. The predicted molar refractivity (Wildman–Crippen MR) is 349 cm³/mol. The Balaban J connectivity index is 0.000000342. The Morgan fingerprint density at radius 2 is 0.574 bits per heavy atom. The molecule has 30 heteroatoms. The molecule has 0 radical (unpaired) electrons. The van der Waals surface area contributed by atoms with Crippen molar-refractivity contribution in [3.05, 3.63) is 262 Å². The highest BCUT2D eigenvalue weighted by Crippen LogP contribution is 2.74. The Hall–Kier alpha value is -8.02. The summed E-state index contributed by atoms with van der Waals surface area (Å²) < 4.78 is 446. The van der Waals surface area contributed by atoms with Gasteiger partial charge in [-0.3, -0.25) is 0 Å². The number of hydrogen-bond donors (Lipinski definition) is 0. The van der Waals surface area contributed by atoms with E-state index in [1.165, 1.54) is 89.4 Å². The normalized spacial score (nSPS) is 17.0. The maximum atomic E-state index is 17.7. The van der Waals surface area contributed by atoms with E-state index in [-0.39, 0.29) is 7.92 Å². The number of fused-ring (bicyclic) bond motifs is 12. The first-order valence-corrected chi connectivity index (χ1v) is 38.9. The monoisotopic (exact) mass is 1580 g/mol. The summed E-state index contributed by atoms with van der Waals surface area (Å²) in [4.78, 5) is 0. The lowest BCUT2D eigenvalue weighted by Crippen LogP contribution is -2.59. The molecule has 0 saturated carbocycles. The van der Waals surface area contributed by atoms with Crippen molar-refractivity contribution in [3.8, 4) is 44.5 Å². The Bertz CT molecular complexity index is 4620. The minimum Gasteiger partial charge on any atom is -0.204 e. The molecule has 0 aromatic heterocycles. The number of hydrogen-bond acceptors (Lipinski definition) is 0. The van der Waals surface area contributed by atoms with E-state index >= 15 is 123 Å². The maximum absolute atomic E-state index is 17.7. The molecular formula is C78H56AlF28P. The zero-order valence-corrected chi connectivity index (χ0v) is 58.9. The molecule has 0 heterocycles. The zero-order valence-electron chi connectivity index (χ0n) is 56.7. The van der Waals surface area contributed by atoms with Crippen molar-refractivity contribution in [3.63, 3.8) is 0 Å². The van der Waals surface area contributed by atoms with Crippen LogP contribution < -0.4 is 5.30 Å². The van der Waals surface area contributed by atoms with Crippen LogP contribution in [0.25, 0.3) is 44.5 Å². The Kier molecular flexibility index (Phi) is 22.3. The van der Waals surface area contributed by atoms with Gasteiger partial charge in [-0.1, -0.05) is 126 Å². The molecule has 0 fully saturated rings. The molecule has 0 aliphatic heterocycles. The predicted octanol–water partition coefficient (Wildman–Crippen LogP) is 25.3. The van der Waals surface area contributed by atoms with Crippen molar-refractivity contribution < 1.29 is 123 Å². The second-order valence-electron chi connectivity index (χ2n) is 27.8. The molecule has 0 bridgehead atoms. The van der Waals surface area contributed by atoms with Gasteiger partial charge in [0.1, 0.15) is 0 Å². The van der Waals surface area contributed by atoms with Crippen LogP contribution in [0.4, 0.5) is 123 Å². The van der Waals surface area contributed by atoms with Gasteiger partial charge < -0.3 is 0 Å². The molecule has 7 unspecified atom stereocenters. The second kappa shape index (κ2) is 30.3. The Morgan fingerprint density at radius 1 is 0.296 bits per heavy atom. The fourth-order valence-electron chi connectivity index (χ4n) is 17.7. The van der Waals surface area contributed by atoms with E-state index in [2.05, 4.69) is 58.0 Å². The van der Waals surface area contributed by atoms with Gasteiger partial charge >= 0.3 is 0 Å². The third-order valence-electron chi connectivity index (χ3n) is 22.1. The minimum absolute atomic E-state index is 0.384. The van der Waals surface area contributed by atoms with E-state index in [1.807, 2.05) is 0 Å². The average Bonchev–Trinajstić information content (AvgIpc) is 1.47. The molecule has 0 N–H and O–H groups in total. The first-order chi connectivity index (χ1) is 51.1. The van der Waals surface area contributed by atoms with Gasteiger partial charge in [0.15, 0.2) is 176 Å². The van der Waals surface area contributed by atoms with Gasteiger partial charge in [0.25, 0.3) is 0 Å². The minimum atomic E-state index is -8.92. The molecule has 13 rings (SSSR count). The molecule has 0 nitrogen and oxygen atoms in total. The summed E-state index contributed by atoms with van der Waals surface area (Å²) in [5, 5.41) is 1.68. The molecule has 0 saturated heterocycles. The van der Waals surface area contributed by atoms with Crippen LogP contribution in [0.5, 0.6) is 0 Å². The first kappa shape index (κ1) is 79.5. The van der Waals surface area contributed by atoms with Gasteiger partial charge in [0, 0.05) is 52.4 Å². The molecule has 9 aromatic carbocycles. The fourth-order valence-corrected chi connectivity index (χ4v) is 30.2. The van der Waals surface area contributed by atoms with E-state index in [0.29, 0.717) is 0 Å². The van der Waals surface area contributed by atoms with Crippen LogP contribution in [-0.4, -0.2) is 25.4 Å². The molecule has 108 heavy (non-hydrogen) atoms.